The average Bonchev–Trinajstić information content (AvgIpc) is 2.77. The van der Waals surface area contributed by atoms with Gasteiger partial charge in [-0.3, -0.25) is 9.58 Å². The lowest BCUT2D eigenvalue weighted by Gasteiger charge is -2.31. The van der Waals surface area contributed by atoms with Crippen molar-refractivity contribution in [1.82, 2.24) is 19.9 Å². The van der Waals surface area contributed by atoms with Gasteiger partial charge in [-0.1, -0.05) is 12.1 Å². The van der Waals surface area contributed by atoms with Crippen LogP contribution in [0.3, 0.4) is 0 Å². The zero-order chi connectivity index (χ0) is 12.1. The first-order chi connectivity index (χ1) is 8.31. The van der Waals surface area contributed by atoms with E-state index in [9.17, 15) is 0 Å². The third-order valence-corrected chi connectivity index (χ3v) is 3.01. The van der Waals surface area contributed by atoms with Gasteiger partial charge in [-0.05, 0) is 6.42 Å². The first-order valence-corrected chi connectivity index (χ1v) is 6.25. The van der Waals surface area contributed by atoms with E-state index in [1.165, 1.54) is 0 Å². The second kappa shape index (κ2) is 6.09. The van der Waals surface area contributed by atoms with Crippen LogP contribution in [0.4, 0.5) is 0 Å². The molecule has 0 saturated carbocycles. The summed E-state index contributed by atoms with van der Waals surface area (Å²) in [5.74, 6) is 0. The fraction of sp³-hybridized carbons (Fsp3) is 0.818. The molecule has 1 aromatic rings. The molecule has 0 spiro atoms. The van der Waals surface area contributed by atoms with E-state index in [0.29, 0.717) is 12.6 Å². The highest BCUT2D eigenvalue weighted by Crippen LogP contribution is 2.10. The first-order valence-electron chi connectivity index (χ1n) is 6.25. The Morgan fingerprint density at radius 3 is 3.24 bits per heavy atom. The molecule has 2 N–H and O–H groups in total. The van der Waals surface area contributed by atoms with Crippen molar-refractivity contribution in [1.29, 1.82) is 0 Å². The number of hydrogen-bond acceptors (Lipinski definition) is 5. The Hall–Kier alpha value is -0.980. The molecule has 1 aliphatic heterocycles. The fourth-order valence-corrected chi connectivity index (χ4v) is 2.05. The predicted molar refractivity (Wildman–Crippen MR) is 64.4 cm³/mol. The lowest BCUT2D eigenvalue weighted by Crippen LogP contribution is -2.41. The minimum Gasteiger partial charge on any atom is -0.376 e. The molecule has 0 amide bonds. The highest BCUT2D eigenvalue weighted by atomic mass is 16.5. The lowest BCUT2D eigenvalue weighted by atomic mass is 10.2. The van der Waals surface area contributed by atoms with E-state index in [-0.39, 0.29) is 0 Å². The van der Waals surface area contributed by atoms with Crippen LogP contribution in [0.15, 0.2) is 6.20 Å². The molecule has 1 unspecified atom stereocenters. The number of hydrogen-bond donors (Lipinski definition) is 1. The van der Waals surface area contributed by atoms with Gasteiger partial charge in [0, 0.05) is 32.4 Å². The van der Waals surface area contributed by atoms with E-state index in [4.69, 9.17) is 10.5 Å². The maximum Gasteiger partial charge on any atom is 0.0967 e. The van der Waals surface area contributed by atoms with Crippen LogP contribution in [0.5, 0.6) is 0 Å². The summed E-state index contributed by atoms with van der Waals surface area (Å²) in [4.78, 5) is 2.37. The van der Waals surface area contributed by atoms with E-state index < -0.39 is 0 Å². The molecule has 1 aliphatic rings. The minimum atomic E-state index is 0.364. The van der Waals surface area contributed by atoms with Gasteiger partial charge in [-0.2, -0.15) is 0 Å². The molecule has 1 aromatic heterocycles. The Bertz CT molecular complexity index is 340. The maximum atomic E-state index is 5.64. The molecular formula is C11H21N5O. The molecule has 0 radical (unpaired) electrons. The molecule has 1 fully saturated rings. The van der Waals surface area contributed by atoms with Gasteiger partial charge in [-0.25, -0.2) is 0 Å². The van der Waals surface area contributed by atoms with Crippen molar-refractivity contribution in [3.05, 3.63) is 11.9 Å². The predicted octanol–water partition coefficient (Wildman–Crippen LogP) is -0.152. The van der Waals surface area contributed by atoms with Crippen LogP contribution in [0.2, 0.25) is 0 Å². The van der Waals surface area contributed by atoms with Gasteiger partial charge in [0.1, 0.15) is 0 Å². The fourth-order valence-electron chi connectivity index (χ4n) is 2.05. The molecule has 1 saturated heterocycles. The summed E-state index contributed by atoms with van der Waals surface area (Å²) in [5, 5.41) is 8.19. The minimum absolute atomic E-state index is 0.364. The van der Waals surface area contributed by atoms with Gasteiger partial charge >= 0.3 is 0 Å². The standard InChI is InChI=1S/C11H21N5O/c1-2-11-9-15(5-6-17-11)7-10-8-16(4-3-12)14-13-10/h8,11H,2-7,9,12H2,1H3. The largest absolute Gasteiger partial charge is 0.376 e. The van der Waals surface area contributed by atoms with Gasteiger partial charge in [0.15, 0.2) is 0 Å². The van der Waals surface area contributed by atoms with E-state index in [1.807, 2.05) is 6.20 Å². The number of rotatable bonds is 5. The van der Waals surface area contributed by atoms with E-state index in [2.05, 4.69) is 22.1 Å². The van der Waals surface area contributed by atoms with Gasteiger partial charge in [-0.15, -0.1) is 5.10 Å². The van der Waals surface area contributed by atoms with Crippen LogP contribution < -0.4 is 5.73 Å². The Morgan fingerprint density at radius 1 is 1.59 bits per heavy atom. The van der Waals surface area contributed by atoms with E-state index in [1.54, 1.807) is 4.68 Å². The van der Waals surface area contributed by atoms with E-state index >= 15 is 0 Å². The van der Waals surface area contributed by atoms with Crippen molar-refractivity contribution in [2.45, 2.75) is 32.5 Å². The van der Waals surface area contributed by atoms with Crippen molar-refractivity contribution in [2.24, 2.45) is 5.73 Å². The smallest absolute Gasteiger partial charge is 0.0967 e. The van der Waals surface area contributed by atoms with E-state index in [0.717, 1.165) is 44.9 Å². The van der Waals surface area contributed by atoms with Gasteiger partial charge < -0.3 is 10.5 Å². The summed E-state index contributed by atoms with van der Waals surface area (Å²) in [6, 6.07) is 0. The molecule has 6 nitrogen and oxygen atoms in total. The summed E-state index contributed by atoms with van der Waals surface area (Å²) in [5.41, 5.74) is 6.48. The molecule has 2 heterocycles. The molecule has 96 valence electrons. The van der Waals surface area contributed by atoms with Gasteiger partial charge in [0.05, 0.1) is 24.9 Å². The normalized spacial score (nSPS) is 21.9. The quantitative estimate of drug-likeness (QED) is 0.773. The number of morpholine rings is 1. The van der Waals surface area contributed by atoms with Crippen LogP contribution in [0.1, 0.15) is 19.0 Å². The topological polar surface area (TPSA) is 69.2 Å². The third kappa shape index (κ3) is 3.49. The molecule has 1 atom stereocenters. The Balaban J connectivity index is 1.86. The Kier molecular flexibility index (Phi) is 4.47. The number of ether oxygens (including phenoxy) is 1. The van der Waals surface area contributed by atoms with Gasteiger partial charge in [0.2, 0.25) is 0 Å². The molecular weight excluding hydrogens is 218 g/mol. The Morgan fingerprint density at radius 2 is 2.47 bits per heavy atom. The SMILES string of the molecule is CCC1CN(Cc2cn(CCN)nn2)CCO1. The lowest BCUT2D eigenvalue weighted by molar-refractivity contribution is -0.0328. The highest BCUT2D eigenvalue weighted by Gasteiger charge is 2.19. The van der Waals surface area contributed by atoms with Gasteiger partial charge in [0.25, 0.3) is 0 Å². The molecule has 2 rings (SSSR count). The summed E-state index contributed by atoms with van der Waals surface area (Å²) in [7, 11) is 0. The third-order valence-electron chi connectivity index (χ3n) is 3.01. The van der Waals surface area contributed by atoms with Crippen LogP contribution in [-0.4, -0.2) is 52.2 Å². The number of nitrogens with zero attached hydrogens (tertiary/aromatic N) is 4. The van der Waals surface area contributed by atoms with Crippen LogP contribution in [-0.2, 0) is 17.8 Å². The molecule has 0 aromatic carbocycles. The number of aromatic nitrogens is 3. The zero-order valence-electron chi connectivity index (χ0n) is 10.4. The van der Waals surface area contributed by atoms with Crippen LogP contribution >= 0.6 is 0 Å². The Labute approximate surface area is 102 Å². The van der Waals surface area contributed by atoms with Crippen molar-refractivity contribution in [3.8, 4) is 0 Å². The molecule has 0 bridgehead atoms. The monoisotopic (exact) mass is 239 g/mol. The summed E-state index contributed by atoms with van der Waals surface area (Å²) in [6.07, 6.45) is 3.41. The average molecular weight is 239 g/mol. The van der Waals surface area contributed by atoms with Crippen molar-refractivity contribution >= 4 is 0 Å². The van der Waals surface area contributed by atoms with Crippen molar-refractivity contribution in [3.63, 3.8) is 0 Å². The maximum absolute atomic E-state index is 5.64. The van der Waals surface area contributed by atoms with Crippen molar-refractivity contribution < 1.29 is 4.74 Å². The zero-order valence-corrected chi connectivity index (χ0v) is 10.4. The summed E-state index contributed by atoms with van der Waals surface area (Å²) < 4.78 is 7.44. The number of nitrogens with two attached hydrogens (primary N) is 1. The van der Waals surface area contributed by atoms with Crippen molar-refractivity contribution in [2.75, 3.05) is 26.2 Å². The molecule has 6 heteroatoms. The second-order valence-electron chi connectivity index (χ2n) is 4.40. The highest BCUT2D eigenvalue weighted by molar-refractivity contribution is 4.93. The second-order valence-corrected chi connectivity index (χ2v) is 4.40. The van der Waals surface area contributed by atoms with Crippen LogP contribution in [0.25, 0.3) is 0 Å². The van der Waals surface area contributed by atoms with Crippen LogP contribution in [0, 0.1) is 0 Å². The molecule has 17 heavy (non-hydrogen) atoms. The summed E-state index contributed by atoms with van der Waals surface area (Å²) in [6.45, 7) is 7.11. The summed E-state index contributed by atoms with van der Waals surface area (Å²) >= 11 is 0. The first kappa shape index (κ1) is 12.5. The molecule has 0 aliphatic carbocycles.